The third kappa shape index (κ3) is 3.67. The second-order valence-electron chi connectivity index (χ2n) is 12.0. The Morgan fingerprint density at radius 3 is 1.96 bits per heavy atom. The van der Waals surface area contributed by atoms with E-state index in [2.05, 4.69) is 157 Å². The average molecular weight is 587 g/mol. The van der Waals surface area contributed by atoms with Gasteiger partial charge >= 0.3 is 6.92 Å². The summed E-state index contributed by atoms with van der Waals surface area (Å²) in [6.45, 7) is -0.281. The normalized spacial score (nSPS) is 12.9. The molecule has 0 N–H and O–H groups in total. The lowest BCUT2D eigenvalue weighted by Gasteiger charge is -2.40. The molecule has 0 saturated carbocycles. The summed E-state index contributed by atoms with van der Waals surface area (Å²) in [5.74, 6) is 0.889. The van der Waals surface area contributed by atoms with E-state index in [1.165, 1.54) is 33.3 Å². The molecule has 0 amide bonds. The van der Waals surface area contributed by atoms with Gasteiger partial charge in [0.25, 0.3) is 0 Å². The summed E-state index contributed by atoms with van der Waals surface area (Å²) in [5, 5.41) is 2.26. The molecular weight excluding hydrogens is 561 g/mol. The van der Waals surface area contributed by atoms with Crippen LogP contribution in [-0.4, -0.2) is 6.92 Å². The Morgan fingerprint density at radius 2 is 1.15 bits per heavy atom. The van der Waals surface area contributed by atoms with Crippen LogP contribution in [-0.2, 0) is 0 Å². The van der Waals surface area contributed by atoms with Crippen LogP contribution < -0.4 is 20.5 Å². The van der Waals surface area contributed by atoms with Crippen LogP contribution in [0.4, 0.5) is 17.1 Å². The summed E-state index contributed by atoms with van der Waals surface area (Å²) in [4.78, 5) is 2.39. The molecule has 46 heavy (non-hydrogen) atoms. The summed E-state index contributed by atoms with van der Waals surface area (Å²) in [6, 6.07) is 55.8. The fraction of sp³-hybridized carbons (Fsp3) is 0. The number of fused-ring (bicyclic) bond motifs is 8. The highest BCUT2D eigenvalue weighted by Gasteiger charge is 2.44. The maximum Gasteiger partial charge on any atom is 0.431 e. The van der Waals surface area contributed by atoms with E-state index in [9.17, 15) is 0 Å². The molecule has 0 aliphatic carbocycles. The van der Waals surface area contributed by atoms with Crippen LogP contribution in [0.15, 0.2) is 162 Å². The Bertz CT molecular complexity index is 2450. The second kappa shape index (κ2) is 9.75. The zero-order valence-electron chi connectivity index (χ0n) is 24.9. The molecule has 0 saturated heterocycles. The smallest absolute Gasteiger partial charge is 0.431 e. The van der Waals surface area contributed by atoms with Gasteiger partial charge in [0, 0.05) is 44.9 Å². The Hall–Kier alpha value is -6.00. The number of rotatable bonds is 3. The van der Waals surface area contributed by atoms with Crippen molar-refractivity contribution in [1.82, 2.24) is 0 Å². The summed E-state index contributed by atoms with van der Waals surface area (Å²) in [6.07, 6.45) is 0. The summed E-state index contributed by atoms with van der Waals surface area (Å²) < 4.78 is 13.6. The van der Waals surface area contributed by atoms with Crippen LogP contribution in [0.1, 0.15) is 0 Å². The lowest BCUT2D eigenvalue weighted by Crippen LogP contribution is -2.56. The first-order chi connectivity index (χ1) is 22.8. The van der Waals surface area contributed by atoms with Crippen molar-refractivity contribution < 1.29 is 9.07 Å². The standard InChI is InChI=1S/C42H26BNO2/c1-3-11-27(12-4-1)29-19-22-31(23-20-29)44-35-24-21-30(28-13-5-2-6-14-28)25-34(35)43-42-36(44)26-39-40(32-15-7-9-17-37(32)45-39)41(42)33-16-8-10-18-38(33)46-43/h1-26H. The molecule has 7 aromatic carbocycles. The molecule has 0 atom stereocenters. The predicted molar refractivity (Wildman–Crippen MR) is 190 cm³/mol. The maximum atomic E-state index is 7.00. The minimum Gasteiger partial charge on any atom is -0.551 e. The quantitative estimate of drug-likeness (QED) is 0.193. The van der Waals surface area contributed by atoms with Crippen LogP contribution >= 0.6 is 0 Å². The maximum absolute atomic E-state index is 7.00. The predicted octanol–water partition coefficient (Wildman–Crippen LogP) is 9.87. The first kappa shape index (κ1) is 25.3. The Balaban J connectivity index is 1.28. The molecule has 2 aliphatic heterocycles. The fourth-order valence-corrected chi connectivity index (χ4v) is 7.42. The van der Waals surface area contributed by atoms with Crippen molar-refractivity contribution in [2.24, 2.45) is 0 Å². The monoisotopic (exact) mass is 587 g/mol. The summed E-state index contributed by atoms with van der Waals surface area (Å²) >= 11 is 0. The molecule has 0 fully saturated rings. The highest BCUT2D eigenvalue weighted by Crippen LogP contribution is 2.48. The number of nitrogens with zero attached hydrogens (tertiary/aromatic N) is 1. The minimum atomic E-state index is -0.281. The largest absolute Gasteiger partial charge is 0.551 e. The summed E-state index contributed by atoms with van der Waals surface area (Å²) in [7, 11) is 0. The zero-order chi connectivity index (χ0) is 30.2. The van der Waals surface area contributed by atoms with Crippen molar-refractivity contribution in [1.29, 1.82) is 0 Å². The van der Waals surface area contributed by atoms with E-state index in [4.69, 9.17) is 9.07 Å². The van der Waals surface area contributed by atoms with Crippen LogP contribution in [0.5, 0.6) is 5.75 Å². The van der Waals surface area contributed by atoms with E-state index in [0.717, 1.165) is 55.8 Å². The van der Waals surface area contributed by atoms with E-state index < -0.39 is 0 Å². The molecule has 10 rings (SSSR count). The fourth-order valence-electron chi connectivity index (χ4n) is 7.42. The van der Waals surface area contributed by atoms with Gasteiger partial charge in [-0.1, -0.05) is 121 Å². The molecule has 0 radical (unpaired) electrons. The number of para-hydroxylation sites is 2. The molecule has 0 bridgehead atoms. The molecular formula is C42H26BNO2. The SMILES string of the molecule is c1ccc(-c2ccc(N3c4ccc(-c5ccccc5)cc4B4Oc5ccccc5-c5c4c3cc3oc4ccccc4c53)cc2)cc1. The molecule has 8 aromatic rings. The Morgan fingerprint density at radius 1 is 0.500 bits per heavy atom. The van der Waals surface area contributed by atoms with E-state index in [-0.39, 0.29) is 6.92 Å². The Labute approximate surface area is 267 Å². The van der Waals surface area contributed by atoms with Crippen molar-refractivity contribution in [3.05, 3.63) is 158 Å². The van der Waals surface area contributed by atoms with Gasteiger partial charge in [-0.2, -0.15) is 0 Å². The number of hydrogen-bond acceptors (Lipinski definition) is 3. The van der Waals surface area contributed by atoms with Crippen molar-refractivity contribution in [3.8, 4) is 39.1 Å². The topological polar surface area (TPSA) is 25.6 Å². The average Bonchev–Trinajstić information content (AvgIpc) is 3.51. The number of furan rings is 1. The number of benzene rings is 7. The van der Waals surface area contributed by atoms with Gasteiger partial charge in [0.1, 0.15) is 16.9 Å². The molecule has 0 unspecified atom stereocenters. The van der Waals surface area contributed by atoms with Gasteiger partial charge in [-0.25, -0.2) is 0 Å². The zero-order valence-corrected chi connectivity index (χ0v) is 24.9. The van der Waals surface area contributed by atoms with Crippen LogP contribution in [0, 0.1) is 0 Å². The van der Waals surface area contributed by atoms with Gasteiger partial charge in [0.2, 0.25) is 0 Å². The molecule has 4 heteroatoms. The van der Waals surface area contributed by atoms with Crippen LogP contribution in [0.25, 0.3) is 55.3 Å². The van der Waals surface area contributed by atoms with Gasteiger partial charge in [-0.15, -0.1) is 0 Å². The minimum absolute atomic E-state index is 0.281. The third-order valence-electron chi connectivity index (χ3n) is 9.48. The third-order valence-corrected chi connectivity index (χ3v) is 9.48. The first-order valence-electron chi connectivity index (χ1n) is 15.7. The number of hydrogen-bond donors (Lipinski definition) is 0. The van der Waals surface area contributed by atoms with E-state index in [1.54, 1.807) is 0 Å². The highest BCUT2D eigenvalue weighted by atomic mass is 16.4. The summed E-state index contributed by atoms with van der Waals surface area (Å²) in [5.41, 5.74) is 14.4. The molecule has 1 aromatic heterocycles. The van der Waals surface area contributed by atoms with E-state index in [1.807, 2.05) is 6.07 Å². The van der Waals surface area contributed by atoms with Crippen molar-refractivity contribution >= 4 is 56.8 Å². The first-order valence-corrected chi connectivity index (χ1v) is 15.7. The van der Waals surface area contributed by atoms with Crippen molar-refractivity contribution in [2.75, 3.05) is 4.90 Å². The molecule has 0 spiro atoms. The van der Waals surface area contributed by atoms with Gasteiger partial charge in [-0.05, 0) is 63.6 Å². The molecule has 3 nitrogen and oxygen atoms in total. The molecule has 3 heterocycles. The van der Waals surface area contributed by atoms with Gasteiger partial charge in [-0.3, -0.25) is 0 Å². The molecule has 214 valence electrons. The number of anilines is 3. The van der Waals surface area contributed by atoms with Gasteiger partial charge in [0.05, 0.1) is 0 Å². The van der Waals surface area contributed by atoms with Gasteiger partial charge in [0.15, 0.2) is 0 Å². The van der Waals surface area contributed by atoms with Crippen LogP contribution in [0.3, 0.4) is 0 Å². The van der Waals surface area contributed by atoms with Gasteiger partial charge < -0.3 is 14.0 Å². The highest BCUT2D eigenvalue weighted by molar-refractivity contribution is 6.86. The lowest BCUT2D eigenvalue weighted by atomic mass is 9.49. The van der Waals surface area contributed by atoms with E-state index in [0.29, 0.717) is 0 Å². The van der Waals surface area contributed by atoms with Crippen molar-refractivity contribution in [3.63, 3.8) is 0 Å². The lowest BCUT2D eigenvalue weighted by molar-refractivity contribution is 0.590. The Kier molecular flexibility index (Phi) is 5.37. The van der Waals surface area contributed by atoms with E-state index >= 15 is 0 Å². The second-order valence-corrected chi connectivity index (χ2v) is 12.0. The van der Waals surface area contributed by atoms with Crippen molar-refractivity contribution in [2.45, 2.75) is 0 Å². The molecule has 2 aliphatic rings. The van der Waals surface area contributed by atoms with Crippen LogP contribution in [0.2, 0.25) is 0 Å².